The standard InChI is InChI=1S/C16H11ClN4O7/c17-11-5-9(20(24)25)1-3-12(11)18-15(22)7-19-8-16(23)28-14-6-10(21(26)27)2-4-13(14)19/h1-6H,7-8H2,(H,18,22). The van der Waals surface area contributed by atoms with E-state index >= 15 is 0 Å². The van der Waals surface area contributed by atoms with Crippen LogP contribution in [0.5, 0.6) is 5.75 Å². The van der Waals surface area contributed by atoms with Gasteiger partial charge in [-0.25, -0.2) is 4.79 Å². The molecule has 0 spiro atoms. The second-order valence-electron chi connectivity index (χ2n) is 5.71. The molecule has 144 valence electrons. The Morgan fingerprint density at radius 2 is 1.79 bits per heavy atom. The van der Waals surface area contributed by atoms with Crippen molar-refractivity contribution in [1.29, 1.82) is 0 Å². The first kappa shape index (κ1) is 19.0. The number of anilines is 2. The van der Waals surface area contributed by atoms with Crippen molar-refractivity contribution in [2.75, 3.05) is 23.3 Å². The van der Waals surface area contributed by atoms with Crippen LogP contribution in [0.4, 0.5) is 22.7 Å². The van der Waals surface area contributed by atoms with Crippen LogP contribution in [0.2, 0.25) is 5.02 Å². The maximum atomic E-state index is 12.3. The summed E-state index contributed by atoms with van der Waals surface area (Å²) in [5.74, 6) is -1.24. The van der Waals surface area contributed by atoms with Gasteiger partial charge in [-0.2, -0.15) is 0 Å². The molecular weight excluding hydrogens is 396 g/mol. The van der Waals surface area contributed by atoms with E-state index in [4.69, 9.17) is 16.3 Å². The molecule has 0 bridgehead atoms. The Balaban J connectivity index is 1.77. The zero-order valence-corrected chi connectivity index (χ0v) is 14.7. The van der Waals surface area contributed by atoms with Gasteiger partial charge in [-0.1, -0.05) is 11.6 Å². The summed E-state index contributed by atoms with van der Waals surface area (Å²) >= 11 is 5.94. The largest absolute Gasteiger partial charge is 0.423 e. The highest BCUT2D eigenvalue weighted by Crippen LogP contribution is 2.35. The summed E-state index contributed by atoms with van der Waals surface area (Å²) in [6, 6.07) is 7.30. The van der Waals surface area contributed by atoms with Gasteiger partial charge in [0.05, 0.1) is 38.9 Å². The average Bonchev–Trinajstić information content (AvgIpc) is 2.62. The average molecular weight is 407 g/mol. The number of benzene rings is 2. The van der Waals surface area contributed by atoms with Gasteiger partial charge in [0.25, 0.3) is 11.4 Å². The molecule has 2 aromatic rings. The number of hydrogen-bond donors (Lipinski definition) is 1. The molecule has 1 heterocycles. The van der Waals surface area contributed by atoms with E-state index < -0.39 is 21.7 Å². The molecule has 0 saturated carbocycles. The normalized spacial score (nSPS) is 12.8. The summed E-state index contributed by atoms with van der Waals surface area (Å²) in [4.78, 5) is 45.8. The molecule has 0 radical (unpaired) electrons. The predicted octanol–water partition coefficient (Wildman–Crippen LogP) is 2.52. The van der Waals surface area contributed by atoms with E-state index in [1.54, 1.807) is 0 Å². The number of nitrogens with zero attached hydrogens (tertiary/aromatic N) is 3. The minimum absolute atomic E-state index is 0.0170. The third kappa shape index (κ3) is 3.99. The summed E-state index contributed by atoms with van der Waals surface area (Å²) < 4.78 is 5.01. The van der Waals surface area contributed by atoms with Gasteiger partial charge >= 0.3 is 5.97 Å². The van der Waals surface area contributed by atoms with Crippen molar-refractivity contribution < 1.29 is 24.2 Å². The van der Waals surface area contributed by atoms with Crippen molar-refractivity contribution in [2.24, 2.45) is 0 Å². The molecule has 0 unspecified atom stereocenters. The van der Waals surface area contributed by atoms with Crippen molar-refractivity contribution in [3.63, 3.8) is 0 Å². The number of nitro benzene ring substituents is 2. The Labute approximate surface area is 161 Å². The lowest BCUT2D eigenvalue weighted by molar-refractivity contribution is -0.385. The lowest BCUT2D eigenvalue weighted by Gasteiger charge is -2.29. The van der Waals surface area contributed by atoms with Gasteiger partial charge in [-0.05, 0) is 12.1 Å². The summed E-state index contributed by atoms with van der Waals surface area (Å²) in [5.41, 5.74) is 0.0312. The number of halogens is 1. The van der Waals surface area contributed by atoms with Gasteiger partial charge in [-0.15, -0.1) is 0 Å². The van der Waals surface area contributed by atoms with Crippen LogP contribution in [0.1, 0.15) is 0 Å². The number of nitrogens with one attached hydrogen (secondary N) is 1. The van der Waals surface area contributed by atoms with E-state index in [1.165, 1.54) is 29.2 Å². The van der Waals surface area contributed by atoms with Crippen LogP contribution in [0.15, 0.2) is 36.4 Å². The van der Waals surface area contributed by atoms with Gasteiger partial charge in [0.1, 0.15) is 6.54 Å². The number of non-ortho nitro benzene ring substituents is 2. The van der Waals surface area contributed by atoms with E-state index in [0.29, 0.717) is 5.69 Å². The third-order valence-corrected chi connectivity index (χ3v) is 4.12. The molecule has 0 aliphatic carbocycles. The maximum Gasteiger partial charge on any atom is 0.331 e. The van der Waals surface area contributed by atoms with E-state index in [1.807, 2.05) is 0 Å². The monoisotopic (exact) mass is 406 g/mol. The lowest BCUT2D eigenvalue weighted by Crippen LogP contribution is -2.41. The SMILES string of the molecule is O=C(CN1CC(=O)Oc2cc([N+](=O)[O-])ccc21)Nc1ccc([N+](=O)[O-])cc1Cl. The zero-order chi connectivity index (χ0) is 20.4. The highest BCUT2D eigenvalue weighted by atomic mass is 35.5. The van der Waals surface area contributed by atoms with Gasteiger partial charge in [0.15, 0.2) is 5.75 Å². The Morgan fingerprint density at radius 3 is 2.43 bits per heavy atom. The van der Waals surface area contributed by atoms with Crippen molar-refractivity contribution in [1.82, 2.24) is 0 Å². The first-order valence-corrected chi connectivity index (χ1v) is 8.10. The molecule has 1 aliphatic heterocycles. The van der Waals surface area contributed by atoms with E-state index in [2.05, 4.69) is 5.32 Å². The molecule has 1 N–H and O–H groups in total. The Hall–Kier alpha value is -3.73. The molecular formula is C16H11ClN4O7. The second-order valence-corrected chi connectivity index (χ2v) is 6.12. The molecule has 12 heteroatoms. The van der Waals surface area contributed by atoms with Gasteiger partial charge in [0.2, 0.25) is 5.91 Å². The maximum absolute atomic E-state index is 12.3. The zero-order valence-electron chi connectivity index (χ0n) is 14.0. The van der Waals surface area contributed by atoms with Crippen LogP contribution in [-0.2, 0) is 9.59 Å². The number of carbonyl (C=O) groups excluding carboxylic acids is 2. The number of fused-ring (bicyclic) bond motifs is 1. The van der Waals surface area contributed by atoms with E-state index in [9.17, 15) is 29.8 Å². The van der Waals surface area contributed by atoms with Crippen LogP contribution >= 0.6 is 11.6 Å². The van der Waals surface area contributed by atoms with Crippen molar-refractivity contribution in [2.45, 2.75) is 0 Å². The summed E-state index contributed by atoms with van der Waals surface area (Å²) in [6.07, 6.45) is 0. The minimum Gasteiger partial charge on any atom is -0.423 e. The molecule has 0 saturated heterocycles. The van der Waals surface area contributed by atoms with Crippen LogP contribution < -0.4 is 15.0 Å². The quantitative estimate of drug-likeness (QED) is 0.345. The molecule has 0 fully saturated rings. The van der Waals surface area contributed by atoms with E-state index in [0.717, 1.165) is 12.1 Å². The Morgan fingerprint density at radius 1 is 1.14 bits per heavy atom. The Kier molecular flexibility index (Phi) is 5.09. The second kappa shape index (κ2) is 7.48. The molecule has 0 atom stereocenters. The molecule has 1 amide bonds. The lowest BCUT2D eigenvalue weighted by atomic mass is 10.2. The number of ether oxygens (including phenoxy) is 1. The first-order chi connectivity index (χ1) is 13.2. The number of amides is 1. The fraction of sp³-hybridized carbons (Fsp3) is 0.125. The molecule has 3 rings (SSSR count). The smallest absolute Gasteiger partial charge is 0.331 e. The highest BCUT2D eigenvalue weighted by molar-refractivity contribution is 6.34. The van der Waals surface area contributed by atoms with Crippen LogP contribution in [0.25, 0.3) is 0 Å². The van der Waals surface area contributed by atoms with Crippen molar-refractivity contribution in [3.05, 3.63) is 61.6 Å². The predicted molar refractivity (Wildman–Crippen MR) is 97.7 cm³/mol. The number of nitro groups is 2. The summed E-state index contributed by atoms with van der Waals surface area (Å²) in [6.45, 7) is -0.501. The Bertz CT molecular complexity index is 1010. The number of carbonyl (C=O) groups is 2. The molecule has 0 aromatic heterocycles. The van der Waals surface area contributed by atoms with Crippen LogP contribution in [0, 0.1) is 20.2 Å². The first-order valence-electron chi connectivity index (χ1n) is 7.72. The van der Waals surface area contributed by atoms with Gasteiger partial charge < -0.3 is 15.0 Å². The fourth-order valence-corrected chi connectivity index (χ4v) is 2.80. The summed E-state index contributed by atoms with van der Waals surface area (Å²) in [5, 5.41) is 24.1. The number of hydrogen-bond acceptors (Lipinski definition) is 8. The third-order valence-electron chi connectivity index (χ3n) is 3.81. The fourth-order valence-electron chi connectivity index (χ4n) is 2.58. The van der Waals surface area contributed by atoms with Crippen molar-refractivity contribution in [3.8, 4) is 5.75 Å². The number of rotatable bonds is 5. The minimum atomic E-state index is -0.672. The molecule has 28 heavy (non-hydrogen) atoms. The van der Waals surface area contributed by atoms with E-state index in [-0.39, 0.29) is 40.9 Å². The number of esters is 1. The molecule has 1 aliphatic rings. The molecule has 2 aromatic carbocycles. The topological polar surface area (TPSA) is 145 Å². The molecule has 11 nitrogen and oxygen atoms in total. The van der Waals surface area contributed by atoms with Gasteiger partial charge in [0, 0.05) is 18.2 Å². The van der Waals surface area contributed by atoms with Gasteiger partial charge in [-0.3, -0.25) is 25.0 Å². The van der Waals surface area contributed by atoms with Crippen LogP contribution in [0.3, 0.4) is 0 Å². The van der Waals surface area contributed by atoms with Crippen molar-refractivity contribution >= 4 is 46.2 Å². The highest BCUT2D eigenvalue weighted by Gasteiger charge is 2.27. The van der Waals surface area contributed by atoms with Crippen LogP contribution in [-0.4, -0.2) is 34.8 Å². The summed E-state index contributed by atoms with van der Waals surface area (Å²) in [7, 11) is 0.